The second-order valence-electron chi connectivity index (χ2n) is 4.39. The zero-order valence-corrected chi connectivity index (χ0v) is 11.2. The van der Waals surface area contributed by atoms with Crippen molar-refractivity contribution in [1.82, 2.24) is 5.32 Å². The number of halogens is 3. The lowest BCUT2D eigenvalue weighted by Gasteiger charge is -2.14. The molecule has 102 valence electrons. The monoisotopic (exact) mass is 285 g/mol. The van der Waals surface area contributed by atoms with Gasteiger partial charge in [0.2, 0.25) is 0 Å². The molecule has 2 rings (SSSR count). The highest BCUT2D eigenvalue weighted by molar-refractivity contribution is 6.28. The summed E-state index contributed by atoms with van der Waals surface area (Å²) in [4.78, 5) is 0. The molecule has 1 N–H and O–H groups in total. The largest absolute Gasteiger partial charge is 0.448 e. The quantitative estimate of drug-likeness (QED) is 0.900. The van der Waals surface area contributed by atoms with Gasteiger partial charge in [0, 0.05) is 11.6 Å². The number of benzene rings is 1. The molecule has 2 aromatic rings. The maximum Gasteiger partial charge on any atom is 0.193 e. The van der Waals surface area contributed by atoms with Gasteiger partial charge in [0.05, 0.1) is 6.54 Å². The van der Waals surface area contributed by atoms with Crippen LogP contribution in [-0.4, -0.2) is 6.04 Å². The average molecular weight is 286 g/mol. The molecule has 0 spiro atoms. The van der Waals surface area contributed by atoms with Gasteiger partial charge in [-0.2, -0.15) is 0 Å². The van der Waals surface area contributed by atoms with Crippen molar-refractivity contribution >= 4 is 11.6 Å². The zero-order valence-electron chi connectivity index (χ0n) is 10.4. The lowest BCUT2D eigenvalue weighted by atomic mass is 10.1. The topological polar surface area (TPSA) is 25.2 Å². The third-order valence-corrected chi connectivity index (χ3v) is 3.03. The Bertz CT molecular complexity index is 536. The third kappa shape index (κ3) is 3.78. The molecular formula is C14H14ClF2NO. The molecule has 1 unspecified atom stereocenters. The van der Waals surface area contributed by atoms with Crippen LogP contribution in [0.25, 0.3) is 0 Å². The lowest BCUT2D eigenvalue weighted by Crippen LogP contribution is -2.28. The summed E-state index contributed by atoms with van der Waals surface area (Å²) in [5, 5.41) is 3.45. The van der Waals surface area contributed by atoms with Gasteiger partial charge in [0.15, 0.2) is 5.22 Å². The molecule has 0 aliphatic carbocycles. The fraction of sp³-hybridized carbons (Fsp3) is 0.286. The molecule has 0 aliphatic rings. The SMILES string of the molecule is CC(Cc1c(F)cccc1F)NCc1ccc(Cl)o1. The number of furan rings is 1. The van der Waals surface area contributed by atoms with Crippen LogP contribution in [0.1, 0.15) is 18.2 Å². The molecule has 0 bridgehead atoms. The minimum absolute atomic E-state index is 0.0877. The molecule has 0 amide bonds. The average Bonchev–Trinajstić information content (AvgIpc) is 2.77. The van der Waals surface area contributed by atoms with Crippen LogP contribution in [0.2, 0.25) is 5.22 Å². The summed E-state index contributed by atoms with van der Waals surface area (Å²) in [7, 11) is 0. The Morgan fingerprint density at radius 2 is 1.89 bits per heavy atom. The molecule has 1 atom stereocenters. The van der Waals surface area contributed by atoms with E-state index in [1.54, 1.807) is 12.1 Å². The zero-order chi connectivity index (χ0) is 13.8. The van der Waals surface area contributed by atoms with Gasteiger partial charge >= 0.3 is 0 Å². The smallest absolute Gasteiger partial charge is 0.193 e. The van der Waals surface area contributed by atoms with E-state index in [1.807, 2.05) is 6.92 Å². The molecule has 0 aliphatic heterocycles. The van der Waals surface area contributed by atoms with E-state index in [0.29, 0.717) is 17.5 Å². The van der Waals surface area contributed by atoms with Gasteiger partial charge in [-0.05, 0) is 49.2 Å². The van der Waals surface area contributed by atoms with Crippen molar-refractivity contribution in [1.29, 1.82) is 0 Å². The van der Waals surface area contributed by atoms with Crippen LogP contribution >= 0.6 is 11.6 Å². The summed E-state index contributed by atoms with van der Waals surface area (Å²) in [5.74, 6) is -0.352. The Morgan fingerprint density at radius 3 is 2.47 bits per heavy atom. The van der Waals surface area contributed by atoms with E-state index in [0.717, 1.165) is 0 Å². The predicted molar refractivity (Wildman–Crippen MR) is 70.1 cm³/mol. The van der Waals surface area contributed by atoms with Gasteiger partial charge < -0.3 is 9.73 Å². The second kappa shape index (κ2) is 6.17. The van der Waals surface area contributed by atoms with Crippen LogP contribution < -0.4 is 5.32 Å². The lowest BCUT2D eigenvalue weighted by molar-refractivity contribution is 0.446. The fourth-order valence-electron chi connectivity index (χ4n) is 1.83. The Kier molecular flexibility index (Phi) is 4.56. The first-order valence-electron chi connectivity index (χ1n) is 5.96. The van der Waals surface area contributed by atoms with Crippen molar-refractivity contribution in [2.75, 3.05) is 0 Å². The van der Waals surface area contributed by atoms with Gasteiger partial charge in [0.1, 0.15) is 17.4 Å². The van der Waals surface area contributed by atoms with E-state index in [9.17, 15) is 8.78 Å². The van der Waals surface area contributed by atoms with Gasteiger partial charge in [-0.3, -0.25) is 0 Å². The van der Waals surface area contributed by atoms with E-state index in [-0.39, 0.29) is 18.0 Å². The highest BCUT2D eigenvalue weighted by Crippen LogP contribution is 2.15. The van der Waals surface area contributed by atoms with E-state index < -0.39 is 11.6 Å². The molecule has 1 aromatic heterocycles. The fourth-order valence-corrected chi connectivity index (χ4v) is 1.99. The first-order chi connectivity index (χ1) is 9.06. The highest BCUT2D eigenvalue weighted by atomic mass is 35.5. The molecular weight excluding hydrogens is 272 g/mol. The van der Waals surface area contributed by atoms with E-state index in [1.165, 1.54) is 18.2 Å². The van der Waals surface area contributed by atoms with E-state index in [4.69, 9.17) is 16.0 Å². The standard InChI is InChI=1S/C14H14ClF2NO/c1-9(18-8-10-5-6-14(15)19-10)7-11-12(16)3-2-4-13(11)17/h2-6,9,18H,7-8H2,1H3. The van der Waals surface area contributed by atoms with Crippen molar-refractivity contribution in [2.24, 2.45) is 0 Å². The minimum Gasteiger partial charge on any atom is -0.448 e. The van der Waals surface area contributed by atoms with Crippen LogP contribution in [0, 0.1) is 11.6 Å². The summed E-state index contributed by atoms with van der Waals surface area (Å²) in [6, 6.07) is 7.20. The second-order valence-corrected chi connectivity index (χ2v) is 4.76. The highest BCUT2D eigenvalue weighted by Gasteiger charge is 2.12. The summed E-state index contributed by atoms with van der Waals surface area (Å²) in [6.45, 7) is 2.32. The van der Waals surface area contributed by atoms with Gasteiger partial charge in [-0.15, -0.1) is 0 Å². The molecule has 1 aromatic carbocycles. The van der Waals surface area contributed by atoms with Crippen LogP contribution in [0.15, 0.2) is 34.7 Å². The van der Waals surface area contributed by atoms with Crippen molar-refractivity contribution in [3.63, 3.8) is 0 Å². The van der Waals surface area contributed by atoms with E-state index >= 15 is 0 Å². The maximum atomic E-state index is 13.5. The van der Waals surface area contributed by atoms with Crippen molar-refractivity contribution in [3.8, 4) is 0 Å². The van der Waals surface area contributed by atoms with Crippen LogP contribution in [0.4, 0.5) is 8.78 Å². The third-order valence-electron chi connectivity index (χ3n) is 2.83. The number of rotatable bonds is 5. The van der Waals surface area contributed by atoms with Gasteiger partial charge in [0.25, 0.3) is 0 Å². The first-order valence-corrected chi connectivity index (χ1v) is 6.34. The van der Waals surface area contributed by atoms with Crippen molar-refractivity contribution < 1.29 is 13.2 Å². The summed E-state index contributed by atoms with van der Waals surface area (Å²) in [6.07, 6.45) is 0.271. The Labute approximate surface area is 115 Å². The molecule has 0 fully saturated rings. The Hall–Kier alpha value is -1.39. The molecule has 19 heavy (non-hydrogen) atoms. The number of hydrogen-bond donors (Lipinski definition) is 1. The molecule has 0 radical (unpaired) electrons. The van der Waals surface area contributed by atoms with E-state index in [2.05, 4.69) is 5.32 Å². The summed E-state index contributed by atoms with van der Waals surface area (Å²) >= 11 is 5.65. The number of hydrogen-bond acceptors (Lipinski definition) is 2. The minimum atomic E-state index is -0.519. The van der Waals surface area contributed by atoms with Crippen LogP contribution in [0.3, 0.4) is 0 Å². The summed E-state index contributed by atoms with van der Waals surface area (Å²) in [5.41, 5.74) is 0.0972. The van der Waals surface area contributed by atoms with Crippen molar-refractivity contribution in [3.05, 3.63) is 58.5 Å². The molecule has 2 nitrogen and oxygen atoms in total. The number of nitrogens with one attached hydrogen (secondary N) is 1. The predicted octanol–water partition coefficient (Wildman–Crippen LogP) is 3.93. The van der Waals surface area contributed by atoms with Crippen LogP contribution in [-0.2, 0) is 13.0 Å². The normalized spacial score (nSPS) is 12.6. The Balaban J connectivity index is 1.92. The Morgan fingerprint density at radius 1 is 1.21 bits per heavy atom. The molecule has 5 heteroatoms. The van der Waals surface area contributed by atoms with Crippen molar-refractivity contribution in [2.45, 2.75) is 25.9 Å². The molecule has 0 saturated heterocycles. The van der Waals surface area contributed by atoms with Crippen LogP contribution in [0.5, 0.6) is 0 Å². The van der Waals surface area contributed by atoms with Gasteiger partial charge in [-0.1, -0.05) is 6.07 Å². The molecule has 1 heterocycles. The molecule has 0 saturated carbocycles. The first kappa shape index (κ1) is 14.0. The summed E-state index contributed by atoms with van der Waals surface area (Å²) < 4.78 is 32.1. The maximum absolute atomic E-state index is 13.5. The van der Waals surface area contributed by atoms with Gasteiger partial charge in [-0.25, -0.2) is 8.78 Å².